The fourth-order valence-electron chi connectivity index (χ4n) is 1.79. The second-order valence-corrected chi connectivity index (χ2v) is 4.08. The monoisotopic (exact) mass is 222 g/mol. The van der Waals surface area contributed by atoms with Crippen molar-refractivity contribution in [3.63, 3.8) is 0 Å². The zero-order valence-electron chi connectivity index (χ0n) is 8.69. The van der Waals surface area contributed by atoms with E-state index in [0.717, 1.165) is 18.7 Å². The maximum Gasteiger partial charge on any atom is 0.0994 e. The molecule has 80 valence electrons. The van der Waals surface area contributed by atoms with Gasteiger partial charge in [0.25, 0.3) is 0 Å². The van der Waals surface area contributed by atoms with Crippen molar-refractivity contribution in [2.24, 2.45) is 0 Å². The number of fused-ring (bicyclic) bond motifs is 1. The van der Waals surface area contributed by atoms with E-state index >= 15 is 0 Å². The summed E-state index contributed by atoms with van der Waals surface area (Å²) in [6.45, 7) is 0. The highest BCUT2D eigenvalue weighted by Crippen LogP contribution is 2.10. The Hall–Kier alpha value is -1.02. The lowest BCUT2D eigenvalue weighted by Crippen LogP contribution is -1.95. The number of nitrogens with zero attached hydrogens (tertiary/aromatic N) is 2. The van der Waals surface area contributed by atoms with Gasteiger partial charge >= 0.3 is 0 Å². The van der Waals surface area contributed by atoms with Gasteiger partial charge in [0.05, 0.1) is 18.0 Å². The normalized spacial score (nSPS) is 11.0. The van der Waals surface area contributed by atoms with E-state index in [4.69, 9.17) is 11.6 Å². The lowest BCUT2D eigenvalue weighted by Gasteiger charge is -2.04. The maximum absolute atomic E-state index is 5.65. The molecule has 0 radical (unpaired) electrons. The second-order valence-electron chi connectivity index (χ2n) is 3.71. The van der Waals surface area contributed by atoms with E-state index < -0.39 is 0 Å². The number of halogens is 1. The molecule has 2 aromatic heterocycles. The lowest BCUT2D eigenvalue weighted by atomic mass is 10.1. The van der Waals surface area contributed by atoms with Crippen molar-refractivity contribution in [3.8, 4) is 0 Å². The first kappa shape index (κ1) is 10.5. The van der Waals surface area contributed by atoms with Crippen LogP contribution in [0.15, 0.2) is 30.7 Å². The molecule has 0 bridgehead atoms. The Bertz CT molecular complexity index is 422. The topological polar surface area (TPSA) is 17.3 Å². The number of hydrogen-bond donors (Lipinski definition) is 0. The molecule has 0 atom stereocenters. The van der Waals surface area contributed by atoms with Crippen molar-refractivity contribution in [1.29, 1.82) is 0 Å². The number of alkyl halides is 1. The molecular formula is C12H15ClN2. The fraction of sp³-hybridized carbons (Fsp3) is 0.417. The van der Waals surface area contributed by atoms with Gasteiger partial charge in [-0.05, 0) is 31.4 Å². The van der Waals surface area contributed by atoms with Crippen LogP contribution in [-0.2, 0) is 6.42 Å². The van der Waals surface area contributed by atoms with Crippen molar-refractivity contribution in [2.45, 2.75) is 25.7 Å². The van der Waals surface area contributed by atoms with Crippen molar-refractivity contribution in [3.05, 3.63) is 36.4 Å². The zero-order chi connectivity index (χ0) is 10.5. The Morgan fingerprint density at radius 1 is 1.20 bits per heavy atom. The van der Waals surface area contributed by atoms with Gasteiger partial charge in [-0.25, -0.2) is 4.98 Å². The van der Waals surface area contributed by atoms with Gasteiger partial charge in [0.2, 0.25) is 0 Å². The van der Waals surface area contributed by atoms with Gasteiger partial charge in [-0.3, -0.25) is 0 Å². The van der Waals surface area contributed by atoms with Crippen LogP contribution in [-0.4, -0.2) is 15.3 Å². The van der Waals surface area contributed by atoms with Gasteiger partial charge in [0.1, 0.15) is 0 Å². The van der Waals surface area contributed by atoms with Crippen LogP contribution < -0.4 is 0 Å². The number of hydrogen-bond acceptors (Lipinski definition) is 1. The Kier molecular flexibility index (Phi) is 3.62. The molecule has 2 rings (SSSR count). The lowest BCUT2D eigenvalue weighted by molar-refractivity contribution is 0.705. The van der Waals surface area contributed by atoms with Gasteiger partial charge in [-0.1, -0.05) is 12.5 Å². The van der Waals surface area contributed by atoms with Gasteiger partial charge in [-0.15, -0.1) is 11.6 Å². The Morgan fingerprint density at radius 2 is 2.13 bits per heavy atom. The van der Waals surface area contributed by atoms with Gasteiger partial charge in [-0.2, -0.15) is 0 Å². The van der Waals surface area contributed by atoms with Crippen LogP contribution in [0.5, 0.6) is 0 Å². The molecule has 0 N–H and O–H groups in total. The van der Waals surface area contributed by atoms with Crippen molar-refractivity contribution < 1.29 is 0 Å². The summed E-state index contributed by atoms with van der Waals surface area (Å²) < 4.78 is 2.15. The minimum atomic E-state index is 0.773. The number of pyridine rings is 1. The minimum Gasteiger partial charge on any atom is -0.303 e. The van der Waals surface area contributed by atoms with Crippen LogP contribution in [0.4, 0.5) is 0 Å². The predicted octanol–water partition coefficient (Wildman–Crippen LogP) is 3.29. The standard InChI is InChI=1S/C12H15ClN2/c13-8-3-1-2-5-11-6-4-7-12-9-14-10-15(11)12/h4,6-7,9-10H,1-3,5,8H2. The third-order valence-corrected chi connectivity index (χ3v) is 2.87. The largest absolute Gasteiger partial charge is 0.303 e. The molecular weight excluding hydrogens is 208 g/mol. The number of aromatic nitrogens is 2. The highest BCUT2D eigenvalue weighted by Gasteiger charge is 1.99. The first-order valence-corrected chi connectivity index (χ1v) is 5.91. The van der Waals surface area contributed by atoms with Crippen LogP contribution in [0.1, 0.15) is 25.0 Å². The van der Waals surface area contributed by atoms with Crippen LogP contribution in [0.2, 0.25) is 0 Å². The summed E-state index contributed by atoms with van der Waals surface area (Å²) in [6.07, 6.45) is 8.39. The van der Waals surface area contributed by atoms with Crippen molar-refractivity contribution in [2.75, 3.05) is 5.88 Å². The average molecular weight is 223 g/mol. The number of aryl methyl sites for hydroxylation is 1. The summed E-state index contributed by atoms with van der Waals surface area (Å²) in [5, 5.41) is 0. The van der Waals surface area contributed by atoms with Crippen molar-refractivity contribution >= 4 is 17.1 Å². The Balaban J connectivity index is 2.04. The van der Waals surface area contributed by atoms with Crippen LogP contribution in [0.3, 0.4) is 0 Å². The summed E-state index contributed by atoms with van der Waals surface area (Å²) in [7, 11) is 0. The maximum atomic E-state index is 5.65. The van der Waals surface area contributed by atoms with E-state index in [2.05, 4.69) is 27.6 Å². The SMILES string of the molecule is ClCCCCCc1cccc2cncn12. The quantitative estimate of drug-likeness (QED) is 0.561. The van der Waals surface area contributed by atoms with E-state index in [-0.39, 0.29) is 0 Å². The molecule has 3 heteroatoms. The highest BCUT2D eigenvalue weighted by molar-refractivity contribution is 6.17. The molecule has 2 nitrogen and oxygen atoms in total. The first-order chi connectivity index (χ1) is 7.42. The van der Waals surface area contributed by atoms with Crippen LogP contribution >= 0.6 is 11.6 Å². The zero-order valence-corrected chi connectivity index (χ0v) is 9.45. The van der Waals surface area contributed by atoms with E-state index in [0.29, 0.717) is 0 Å². The molecule has 0 unspecified atom stereocenters. The molecule has 0 aromatic carbocycles. The average Bonchev–Trinajstić information content (AvgIpc) is 2.73. The molecule has 15 heavy (non-hydrogen) atoms. The molecule has 2 aromatic rings. The van der Waals surface area contributed by atoms with Gasteiger partial charge in [0.15, 0.2) is 0 Å². The summed E-state index contributed by atoms with van der Waals surface area (Å²) >= 11 is 5.65. The number of rotatable bonds is 5. The predicted molar refractivity (Wildman–Crippen MR) is 63.5 cm³/mol. The summed E-state index contributed by atoms with van der Waals surface area (Å²) in [5.74, 6) is 0.773. The molecule has 0 aliphatic rings. The summed E-state index contributed by atoms with van der Waals surface area (Å²) in [6, 6.07) is 6.33. The van der Waals surface area contributed by atoms with E-state index in [1.807, 2.05) is 12.5 Å². The molecule has 0 spiro atoms. The van der Waals surface area contributed by atoms with E-state index in [9.17, 15) is 0 Å². The van der Waals surface area contributed by atoms with Crippen LogP contribution in [0.25, 0.3) is 5.52 Å². The highest BCUT2D eigenvalue weighted by atomic mass is 35.5. The summed E-state index contributed by atoms with van der Waals surface area (Å²) in [4.78, 5) is 4.15. The Morgan fingerprint density at radius 3 is 3.00 bits per heavy atom. The van der Waals surface area contributed by atoms with E-state index in [1.165, 1.54) is 24.1 Å². The molecule has 2 heterocycles. The smallest absolute Gasteiger partial charge is 0.0994 e. The Labute approximate surface area is 94.9 Å². The third-order valence-electron chi connectivity index (χ3n) is 2.60. The minimum absolute atomic E-state index is 0.773. The van der Waals surface area contributed by atoms with Crippen molar-refractivity contribution in [1.82, 2.24) is 9.38 Å². The molecule has 0 aliphatic carbocycles. The molecule has 0 saturated heterocycles. The third kappa shape index (κ3) is 2.51. The van der Waals surface area contributed by atoms with Gasteiger partial charge in [0, 0.05) is 11.6 Å². The second kappa shape index (κ2) is 5.17. The summed E-state index contributed by atoms with van der Waals surface area (Å²) in [5.41, 5.74) is 2.50. The van der Waals surface area contributed by atoms with E-state index in [1.54, 1.807) is 0 Å². The van der Waals surface area contributed by atoms with Crippen LogP contribution in [0, 0.1) is 0 Å². The molecule has 0 amide bonds. The molecule has 0 fully saturated rings. The fourth-order valence-corrected chi connectivity index (χ4v) is 1.98. The molecule has 0 saturated carbocycles. The first-order valence-electron chi connectivity index (χ1n) is 5.38. The molecule has 0 aliphatic heterocycles. The van der Waals surface area contributed by atoms with Gasteiger partial charge < -0.3 is 4.40 Å². The number of unbranched alkanes of at least 4 members (excludes halogenated alkanes) is 2. The number of imidazole rings is 1.